The smallest absolute Gasteiger partial charge is 0.293 e. The molecule has 0 radical (unpaired) electrons. The van der Waals surface area contributed by atoms with Crippen LogP contribution in [0.1, 0.15) is 11.3 Å². The van der Waals surface area contributed by atoms with Crippen LogP contribution in [0.5, 0.6) is 0 Å². The Morgan fingerprint density at radius 1 is 0.926 bits per heavy atom. The summed E-state index contributed by atoms with van der Waals surface area (Å²) in [5.74, 6) is 1.06. The van der Waals surface area contributed by atoms with Crippen molar-refractivity contribution < 1.29 is 17.4 Å². The number of hydrogen-bond acceptors (Lipinski definition) is 6. The maximum absolute atomic E-state index is 12.5. The molecule has 2 aromatic heterocycles. The number of benzene rings is 2. The lowest BCUT2D eigenvalue weighted by Gasteiger charge is -2.01. The summed E-state index contributed by atoms with van der Waals surface area (Å²) >= 11 is 0. The molecule has 7 heteroatoms. The Balaban J connectivity index is 1.58. The van der Waals surface area contributed by atoms with E-state index in [0.717, 1.165) is 11.1 Å². The average Bonchev–Trinajstić information content (AvgIpc) is 3.32. The molecular weight excluding hydrogens is 364 g/mol. The van der Waals surface area contributed by atoms with E-state index in [0.29, 0.717) is 17.3 Å². The Morgan fingerprint density at radius 3 is 2.44 bits per heavy atom. The molecule has 0 aliphatic rings. The largest absolute Gasteiger partial charge is 0.455 e. The predicted molar refractivity (Wildman–Crippen MR) is 99.5 cm³/mol. The first-order chi connectivity index (χ1) is 13.0. The van der Waals surface area contributed by atoms with Gasteiger partial charge in [0.2, 0.25) is 5.82 Å². The summed E-state index contributed by atoms with van der Waals surface area (Å²) in [5, 5.41) is 3.99. The molecule has 2 aromatic carbocycles. The van der Waals surface area contributed by atoms with Crippen LogP contribution in [0, 0.1) is 6.92 Å². The van der Waals surface area contributed by atoms with Crippen LogP contribution in [-0.2, 0) is 15.6 Å². The first-order valence-corrected chi connectivity index (χ1v) is 9.95. The summed E-state index contributed by atoms with van der Waals surface area (Å²) in [6.07, 6.45) is 0. The quantitative estimate of drug-likeness (QED) is 0.514. The van der Waals surface area contributed by atoms with Gasteiger partial charge < -0.3 is 8.94 Å². The molecule has 0 unspecified atom stereocenters. The lowest BCUT2D eigenvalue weighted by molar-refractivity contribution is 0.413. The summed E-state index contributed by atoms with van der Waals surface area (Å²) in [4.78, 5) is 4.61. The normalized spacial score (nSPS) is 11.6. The van der Waals surface area contributed by atoms with Gasteiger partial charge >= 0.3 is 0 Å². The van der Waals surface area contributed by atoms with Gasteiger partial charge in [0.05, 0.1) is 4.90 Å². The zero-order chi connectivity index (χ0) is 18.9. The second-order valence-corrected chi connectivity index (χ2v) is 8.07. The topological polar surface area (TPSA) is 86.2 Å². The Morgan fingerprint density at radius 2 is 1.67 bits per heavy atom. The Labute approximate surface area is 156 Å². The second-order valence-electron chi connectivity index (χ2n) is 6.08. The van der Waals surface area contributed by atoms with Crippen molar-refractivity contribution in [3.05, 3.63) is 78.1 Å². The van der Waals surface area contributed by atoms with Crippen LogP contribution in [0.2, 0.25) is 0 Å². The van der Waals surface area contributed by atoms with E-state index in [4.69, 9.17) is 8.94 Å². The lowest BCUT2D eigenvalue weighted by Crippen LogP contribution is -2.03. The molecule has 0 fully saturated rings. The highest BCUT2D eigenvalue weighted by atomic mass is 32.2. The molecular formula is C20H16N2O4S. The van der Waals surface area contributed by atoms with Gasteiger partial charge in [-0.3, -0.25) is 0 Å². The first kappa shape index (κ1) is 17.2. The van der Waals surface area contributed by atoms with Crippen LogP contribution >= 0.6 is 0 Å². The van der Waals surface area contributed by atoms with Gasteiger partial charge in [0.25, 0.3) is 5.89 Å². The van der Waals surface area contributed by atoms with Gasteiger partial charge in [-0.05, 0) is 36.8 Å². The molecule has 0 N–H and O–H groups in total. The van der Waals surface area contributed by atoms with Gasteiger partial charge in [0.1, 0.15) is 11.5 Å². The van der Waals surface area contributed by atoms with Gasteiger partial charge in [0.15, 0.2) is 15.6 Å². The van der Waals surface area contributed by atoms with E-state index in [1.807, 2.05) is 31.2 Å². The fourth-order valence-corrected chi connectivity index (χ4v) is 3.99. The fourth-order valence-electron chi connectivity index (χ4n) is 2.73. The van der Waals surface area contributed by atoms with Crippen LogP contribution in [0.4, 0.5) is 0 Å². The van der Waals surface area contributed by atoms with E-state index in [9.17, 15) is 8.42 Å². The van der Waals surface area contributed by atoms with Crippen molar-refractivity contribution >= 4 is 9.84 Å². The minimum atomic E-state index is -3.49. The summed E-state index contributed by atoms with van der Waals surface area (Å²) in [6, 6.07) is 19.2. The molecule has 0 aliphatic carbocycles. The lowest BCUT2D eigenvalue weighted by atomic mass is 10.1. The number of rotatable bonds is 5. The minimum absolute atomic E-state index is 0.205. The number of hydrogen-bond donors (Lipinski definition) is 0. The highest BCUT2D eigenvalue weighted by molar-refractivity contribution is 7.90. The Kier molecular flexibility index (Phi) is 4.37. The van der Waals surface area contributed by atoms with Crippen molar-refractivity contribution in [2.24, 2.45) is 0 Å². The van der Waals surface area contributed by atoms with Crippen molar-refractivity contribution in [2.45, 2.75) is 17.6 Å². The van der Waals surface area contributed by atoms with Crippen LogP contribution in [0.15, 0.2) is 80.6 Å². The third-order valence-electron chi connectivity index (χ3n) is 4.12. The van der Waals surface area contributed by atoms with Gasteiger partial charge in [-0.15, -0.1) is 0 Å². The molecule has 6 nitrogen and oxygen atoms in total. The minimum Gasteiger partial charge on any atom is -0.455 e. The fraction of sp³-hybridized carbons (Fsp3) is 0.100. The summed E-state index contributed by atoms with van der Waals surface area (Å²) in [5.41, 5.74) is 1.89. The van der Waals surface area contributed by atoms with Crippen molar-refractivity contribution in [1.82, 2.24) is 10.1 Å². The highest BCUT2D eigenvalue weighted by Gasteiger charge is 2.20. The molecule has 0 saturated heterocycles. The van der Waals surface area contributed by atoms with Crippen LogP contribution in [-0.4, -0.2) is 18.6 Å². The molecule has 0 saturated carbocycles. The van der Waals surface area contributed by atoms with E-state index in [1.54, 1.807) is 42.5 Å². The van der Waals surface area contributed by atoms with E-state index < -0.39 is 9.84 Å². The van der Waals surface area contributed by atoms with E-state index in [-0.39, 0.29) is 16.5 Å². The maximum atomic E-state index is 12.5. The number of aromatic nitrogens is 2. The monoisotopic (exact) mass is 380 g/mol. The molecule has 4 aromatic rings. The molecule has 4 rings (SSSR count). The third kappa shape index (κ3) is 3.54. The molecule has 0 amide bonds. The Bertz CT molecular complexity index is 1180. The summed E-state index contributed by atoms with van der Waals surface area (Å²) in [6.45, 7) is 1.96. The van der Waals surface area contributed by atoms with Crippen molar-refractivity contribution in [3.8, 4) is 23.0 Å². The molecule has 0 atom stereocenters. The van der Waals surface area contributed by atoms with E-state index in [1.165, 1.54) is 0 Å². The predicted octanol–water partition coefficient (Wildman–Crippen LogP) is 4.28. The van der Waals surface area contributed by atoms with E-state index in [2.05, 4.69) is 10.1 Å². The van der Waals surface area contributed by atoms with Crippen LogP contribution < -0.4 is 0 Å². The van der Waals surface area contributed by atoms with E-state index >= 15 is 0 Å². The SMILES string of the molecule is Cc1ccccc1-c1noc(-c2ccc(CS(=O)(=O)c3ccccc3)o2)n1. The van der Waals surface area contributed by atoms with Crippen LogP contribution in [0.3, 0.4) is 0 Å². The number of nitrogens with zero attached hydrogens (tertiary/aromatic N) is 2. The zero-order valence-corrected chi connectivity index (χ0v) is 15.3. The van der Waals surface area contributed by atoms with Crippen molar-refractivity contribution in [2.75, 3.05) is 0 Å². The maximum Gasteiger partial charge on any atom is 0.293 e. The number of aryl methyl sites for hydroxylation is 1. The molecule has 0 aliphatic heterocycles. The summed E-state index contributed by atoms with van der Waals surface area (Å²) in [7, 11) is -3.49. The second kappa shape index (κ2) is 6.85. The third-order valence-corrected chi connectivity index (χ3v) is 5.77. The zero-order valence-electron chi connectivity index (χ0n) is 14.5. The van der Waals surface area contributed by atoms with Gasteiger partial charge in [-0.2, -0.15) is 4.98 Å². The van der Waals surface area contributed by atoms with Crippen LogP contribution in [0.25, 0.3) is 23.0 Å². The number of sulfone groups is 1. The van der Waals surface area contributed by atoms with Crippen molar-refractivity contribution in [1.29, 1.82) is 0 Å². The van der Waals surface area contributed by atoms with Gasteiger partial charge in [0, 0.05) is 5.56 Å². The Hall–Kier alpha value is -3.19. The highest BCUT2D eigenvalue weighted by Crippen LogP contribution is 2.27. The molecule has 136 valence electrons. The average molecular weight is 380 g/mol. The van der Waals surface area contributed by atoms with Gasteiger partial charge in [-0.1, -0.05) is 47.6 Å². The molecule has 2 heterocycles. The van der Waals surface area contributed by atoms with Crippen molar-refractivity contribution in [3.63, 3.8) is 0 Å². The summed E-state index contributed by atoms with van der Waals surface area (Å²) < 4.78 is 35.8. The van der Waals surface area contributed by atoms with Gasteiger partial charge in [-0.25, -0.2) is 8.42 Å². The molecule has 0 spiro atoms. The molecule has 0 bridgehead atoms. The first-order valence-electron chi connectivity index (χ1n) is 8.29. The number of furan rings is 1. The standard InChI is InChI=1S/C20H16N2O4S/c1-14-7-5-6-10-17(14)19-21-20(26-22-19)18-12-11-15(25-18)13-27(23,24)16-8-3-2-4-9-16/h2-12H,13H2,1H3. The molecule has 27 heavy (non-hydrogen) atoms.